The minimum Gasteiger partial charge on any atom is -0.477 e. The molecule has 2 aliphatic rings. The van der Waals surface area contributed by atoms with Crippen LogP contribution in [0, 0.1) is 5.92 Å². The smallest absolute Gasteiger partial charge is 0.477 e. The lowest BCUT2D eigenvalue weighted by molar-refractivity contribution is -0.295. The molecule has 11 atom stereocenters. The molecule has 40 heavy (non-hydrogen) atoms. The van der Waals surface area contributed by atoms with Crippen LogP contribution in [0.4, 0.5) is 5.82 Å². The average Bonchev–Trinajstić information content (AvgIpc) is 3.16. The van der Waals surface area contributed by atoms with Crippen molar-refractivity contribution >= 4 is 25.8 Å². The molecule has 0 saturated carbocycles. The third-order valence-corrected chi connectivity index (χ3v) is 7.21. The quantitative estimate of drug-likeness (QED) is 0.102. The lowest BCUT2D eigenvalue weighted by Gasteiger charge is -2.44. The number of aliphatic hydroxyl groups is 6. The molecule has 0 aliphatic carbocycles. The molecule has 0 amide bonds. The molecule has 1 aromatic heterocycles. The van der Waals surface area contributed by atoms with Gasteiger partial charge in [-0.2, -0.15) is 4.98 Å². The molecule has 19 nitrogen and oxygen atoms in total. The Kier molecular flexibility index (Phi) is 10.4. The highest BCUT2D eigenvalue weighted by atomic mass is 31.1. The van der Waals surface area contributed by atoms with E-state index in [1.165, 1.54) is 6.07 Å². The predicted molar refractivity (Wildman–Crippen MR) is 126 cm³/mol. The van der Waals surface area contributed by atoms with Crippen LogP contribution in [0.1, 0.15) is 19.1 Å². The van der Waals surface area contributed by atoms with E-state index in [2.05, 4.69) is 4.98 Å². The first-order valence-electron chi connectivity index (χ1n) is 11.7. The van der Waals surface area contributed by atoms with Gasteiger partial charge in [-0.25, -0.2) is 9.59 Å². The number of ether oxygens (including phenoxy) is 2. The largest absolute Gasteiger partial charge is 0.703 e. The summed E-state index contributed by atoms with van der Waals surface area (Å²) in [5.74, 6) is -7.06. The van der Waals surface area contributed by atoms with Crippen LogP contribution < -0.4 is 17.2 Å². The summed E-state index contributed by atoms with van der Waals surface area (Å²) in [7, 11) is -3.62. The Morgan fingerprint density at radius 3 is 2.52 bits per heavy atom. The molecule has 2 saturated heterocycles. The third-order valence-electron chi connectivity index (χ3n) is 6.39. The number of aromatic nitrogens is 2. The van der Waals surface area contributed by atoms with Crippen molar-refractivity contribution in [3.8, 4) is 0 Å². The van der Waals surface area contributed by atoms with Crippen LogP contribution in [-0.2, 0) is 32.7 Å². The van der Waals surface area contributed by atoms with Gasteiger partial charge in [0, 0.05) is 29.5 Å². The summed E-state index contributed by atoms with van der Waals surface area (Å²) >= 11 is 0. The number of anilines is 1. The van der Waals surface area contributed by atoms with Crippen LogP contribution in [0.15, 0.2) is 17.1 Å². The van der Waals surface area contributed by atoms with Gasteiger partial charge in [-0.1, -0.05) is 9.05 Å². The van der Waals surface area contributed by atoms with E-state index >= 15 is 0 Å². The first-order valence-corrected chi connectivity index (χ1v) is 12.8. The second-order valence-electron chi connectivity index (χ2n) is 9.10. The first-order chi connectivity index (χ1) is 18.7. The molecule has 3 heterocycles. The summed E-state index contributed by atoms with van der Waals surface area (Å²) in [6, 6.07) is 1.19. The molecule has 0 spiro atoms. The van der Waals surface area contributed by atoms with Gasteiger partial charge in [-0.15, -0.1) is 0 Å². The van der Waals surface area contributed by atoms with Crippen LogP contribution in [0.25, 0.3) is 0 Å². The number of rotatable bonds is 12. The molecular weight excluding hydrogens is 567 g/mol. The van der Waals surface area contributed by atoms with E-state index in [0.717, 1.165) is 10.8 Å². The van der Waals surface area contributed by atoms with Gasteiger partial charge in [-0.3, -0.25) is 9.36 Å². The van der Waals surface area contributed by atoms with Crippen molar-refractivity contribution in [2.45, 2.75) is 67.8 Å². The normalized spacial score (nSPS) is 34.3. The fourth-order valence-electron chi connectivity index (χ4n) is 4.28. The molecule has 11 N–H and O–H groups in total. The molecular formula is C20H30N4O15P+. The number of nitrogens with zero attached hydrogens (tertiary/aromatic N) is 2. The number of hydrogen-bond acceptors (Lipinski definition) is 17. The fraction of sp³-hybridized carbons (Fsp3) is 0.700. The molecule has 2 aliphatic heterocycles. The van der Waals surface area contributed by atoms with Crippen molar-refractivity contribution in [1.82, 2.24) is 9.55 Å². The summed E-state index contributed by atoms with van der Waals surface area (Å²) in [4.78, 5) is 39.7. The number of hydrogen-bond donors (Lipinski definition) is 9. The highest BCUT2D eigenvalue weighted by molar-refractivity contribution is 7.33. The Balaban J connectivity index is 1.81. The SMILES string of the molecule is NCC(=O)C[C@H]1C([C@H](O)[C@H](O)CO)O[C@](O[P+](=O)O[C@H]2O[C@@H](n3ccc(N)nc3=O)C(O)[C@H]2O)(C(=O)O)C[C@H]1O. The third kappa shape index (κ3) is 6.68. The van der Waals surface area contributed by atoms with Gasteiger partial charge in [0.1, 0.15) is 36.0 Å². The van der Waals surface area contributed by atoms with Crippen LogP contribution >= 0.6 is 8.25 Å². The van der Waals surface area contributed by atoms with Gasteiger partial charge < -0.3 is 56.7 Å². The molecule has 0 radical (unpaired) electrons. The lowest BCUT2D eigenvalue weighted by Crippen LogP contribution is -2.61. The standard InChI is InChI=1S/C20H29N4O15P/c21-5-7(26)3-8-9(27)4-20(18(32)33,37-15(8)12(29)10(28)6-25)39-40(35)38-17-14(31)13(30)16(36-17)24-2-1-11(22)23-19(24)34/h1-2,8-10,12-17,25,27-31H,3-6,21H2,(H2-,22,23,32,33,34)/p+1/t8-,9-,10-,12-,13?,14-,15?,16-,17-,20-/m1/s1. The van der Waals surface area contributed by atoms with E-state index in [0.29, 0.717) is 0 Å². The Bertz CT molecular complexity index is 1160. The second kappa shape index (κ2) is 13.0. The monoisotopic (exact) mass is 597 g/mol. The van der Waals surface area contributed by atoms with Crippen molar-refractivity contribution in [2.24, 2.45) is 11.7 Å². The fourth-order valence-corrected chi connectivity index (χ4v) is 5.10. The summed E-state index contributed by atoms with van der Waals surface area (Å²) in [6.07, 6.45) is -15.3. The summed E-state index contributed by atoms with van der Waals surface area (Å²) in [6.45, 7) is -1.48. The molecule has 1 aromatic rings. The zero-order valence-electron chi connectivity index (χ0n) is 20.6. The summed E-state index contributed by atoms with van der Waals surface area (Å²) in [5.41, 5.74) is 9.74. The zero-order chi connectivity index (χ0) is 29.9. The van der Waals surface area contributed by atoms with Gasteiger partial charge in [0.15, 0.2) is 6.23 Å². The van der Waals surface area contributed by atoms with Gasteiger partial charge >= 0.3 is 25.7 Å². The Morgan fingerprint density at radius 2 is 1.95 bits per heavy atom. The maximum Gasteiger partial charge on any atom is 0.703 e. The number of carbonyl (C=O) groups is 2. The van der Waals surface area contributed by atoms with Crippen molar-refractivity contribution in [1.29, 1.82) is 0 Å². The lowest BCUT2D eigenvalue weighted by atomic mass is 9.80. The summed E-state index contributed by atoms with van der Waals surface area (Å²) < 4.78 is 34.0. The highest BCUT2D eigenvalue weighted by Gasteiger charge is 2.61. The number of Topliss-reactive ketones (excluding diaryl/α,β-unsaturated/α-hetero) is 1. The molecule has 224 valence electrons. The van der Waals surface area contributed by atoms with E-state index in [1.54, 1.807) is 0 Å². The van der Waals surface area contributed by atoms with Crippen molar-refractivity contribution in [3.63, 3.8) is 0 Å². The number of carboxylic acid groups (broad SMARTS) is 1. The summed E-state index contributed by atoms with van der Waals surface area (Å²) in [5, 5.41) is 70.8. The van der Waals surface area contributed by atoms with Crippen LogP contribution in [-0.4, -0.2) is 119 Å². The van der Waals surface area contributed by atoms with E-state index < -0.39 is 113 Å². The van der Waals surface area contributed by atoms with Crippen molar-refractivity contribution in [3.05, 3.63) is 22.7 Å². The van der Waals surface area contributed by atoms with Gasteiger partial charge in [0.05, 0.1) is 25.4 Å². The Hall–Kier alpha value is -2.52. The van der Waals surface area contributed by atoms with Gasteiger partial charge in [-0.05, 0) is 6.07 Å². The van der Waals surface area contributed by atoms with E-state index in [4.69, 9.17) is 30.0 Å². The number of carbonyl (C=O) groups excluding carboxylic acids is 1. The second-order valence-corrected chi connectivity index (χ2v) is 9.94. The Labute approximate surface area is 225 Å². The van der Waals surface area contributed by atoms with E-state index in [9.17, 15) is 54.7 Å². The zero-order valence-corrected chi connectivity index (χ0v) is 21.5. The minimum absolute atomic E-state index is 0.142. The maximum absolute atomic E-state index is 12.7. The maximum atomic E-state index is 12.7. The Morgan fingerprint density at radius 1 is 1.27 bits per heavy atom. The molecule has 0 bridgehead atoms. The molecule has 0 aromatic carbocycles. The average molecular weight is 597 g/mol. The number of carboxylic acids is 1. The predicted octanol–water partition coefficient (Wildman–Crippen LogP) is -4.73. The molecule has 2 fully saturated rings. The first kappa shape index (κ1) is 32.0. The molecule has 20 heteroatoms. The van der Waals surface area contributed by atoms with E-state index in [-0.39, 0.29) is 5.82 Å². The molecule has 3 unspecified atom stereocenters. The van der Waals surface area contributed by atoms with Crippen LogP contribution in [0.5, 0.6) is 0 Å². The number of ketones is 1. The number of nitrogen functional groups attached to an aromatic ring is 1. The number of aliphatic hydroxyl groups excluding tert-OH is 6. The van der Waals surface area contributed by atoms with Crippen LogP contribution in [0.2, 0.25) is 0 Å². The van der Waals surface area contributed by atoms with Crippen molar-refractivity contribution < 1.29 is 68.4 Å². The molecule has 3 rings (SSSR count). The van der Waals surface area contributed by atoms with Gasteiger partial charge in [0.25, 0.3) is 0 Å². The van der Waals surface area contributed by atoms with Gasteiger partial charge in [0.2, 0.25) is 6.29 Å². The highest BCUT2D eigenvalue weighted by Crippen LogP contribution is 2.45. The number of aliphatic carboxylic acids is 1. The van der Waals surface area contributed by atoms with E-state index in [1.807, 2.05) is 0 Å². The minimum atomic E-state index is -3.62. The topological polar surface area (TPSA) is 317 Å². The van der Waals surface area contributed by atoms with Crippen LogP contribution in [0.3, 0.4) is 0 Å². The number of nitrogens with two attached hydrogens (primary N) is 2. The van der Waals surface area contributed by atoms with Crippen molar-refractivity contribution in [2.75, 3.05) is 18.9 Å².